The molecule has 0 spiro atoms. The predicted octanol–water partition coefficient (Wildman–Crippen LogP) is -0.233. The van der Waals surface area contributed by atoms with Crippen LogP contribution >= 0.6 is 0 Å². The van der Waals surface area contributed by atoms with Crippen LogP contribution in [0.4, 0.5) is 0 Å². The minimum absolute atomic E-state index is 0.0520. The van der Waals surface area contributed by atoms with Gasteiger partial charge in [-0.2, -0.15) is 0 Å². The SMILES string of the molecule is CC(=O)Cc1cc(C)c2c(c1O)C(=O)C1C(=O)C3(O)C(=O)C(C(N)=O)C(=O)CC3CC1C2. The second-order valence-corrected chi connectivity index (χ2v) is 9.17. The lowest BCUT2D eigenvalue weighted by molar-refractivity contribution is -0.175. The van der Waals surface area contributed by atoms with Crippen molar-refractivity contribution in [2.24, 2.45) is 29.4 Å². The molecular formula is C23H23NO8. The summed E-state index contributed by atoms with van der Waals surface area (Å²) in [5, 5.41) is 21.9. The number of primary amides is 1. The van der Waals surface area contributed by atoms with Crippen molar-refractivity contribution in [2.75, 3.05) is 0 Å². The Morgan fingerprint density at radius 2 is 1.81 bits per heavy atom. The molecule has 9 heteroatoms. The van der Waals surface area contributed by atoms with E-state index in [4.69, 9.17) is 5.73 Å². The Bertz CT molecular complexity index is 1140. The lowest BCUT2D eigenvalue weighted by Gasteiger charge is -2.48. The van der Waals surface area contributed by atoms with Gasteiger partial charge in [0.25, 0.3) is 0 Å². The second kappa shape index (κ2) is 7.16. The van der Waals surface area contributed by atoms with Gasteiger partial charge in [-0.3, -0.25) is 28.8 Å². The first-order valence-electron chi connectivity index (χ1n) is 10.4. The molecule has 2 saturated carbocycles. The third kappa shape index (κ3) is 2.87. The molecule has 0 saturated heterocycles. The van der Waals surface area contributed by atoms with Crippen molar-refractivity contribution < 1.29 is 39.0 Å². The Hall–Kier alpha value is -3.20. The van der Waals surface area contributed by atoms with Crippen LogP contribution in [0.5, 0.6) is 5.75 Å². The first-order chi connectivity index (χ1) is 14.9. The number of Topliss-reactive ketones (excluding diaryl/α,β-unsaturated/α-hetero) is 5. The fourth-order valence-electron chi connectivity index (χ4n) is 5.69. The van der Waals surface area contributed by atoms with E-state index < -0.39 is 58.3 Å². The average Bonchev–Trinajstić information content (AvgIpc) is 2.68. The normalized spacial score (nSPS) is 31.6. The zero-order chi connectivity index (χ0) is 23.7. The standard InChI is InChI=1S/C23H23NO8/c1-8-3-11(4-9(2)25)18(27)16-13(8)6-10-5-12-7-14(26)17(22(24)31)21(30)23(12,32)20(29)15(10)19(16)28/h3,10,12,15,17,27,32H,4-7H2,1-2H3,(H2,24,31). The molecule has 1 aromatic carbocycles. The summed E-state index contributed by atoms with van der Waals surface area (Å²) in [5.41, 5.74) is 3.90. The van der Waals surface area contributed by atoms with Crippen molar-refractivity contribution in [3.05, 3.63) is 28.3 Å². The van der Waals surface area contributed by atoms with Crippen molar-refractivity contribution in [1.29, 1.82) is 0 Å². The molecule has 0 aromatic heterocycles. The number of hydrogen-bond acceptors (Lipinski definition) is 8. The van der Waals surface area contributed by atoms with E-state index in [0.29, 0.717) is 11.1 Å². The fraction of sp³-hybridized carbons (Fsp3) is 0.478. The van der Waals surface area contributed by atoms with E-state index in [0.717, 1.165) is 0 Å². The van der Waals surface area contributed by atoms with Crippen LogP contribution < -0.4 is 5.73 Å². The monoisotopic (exact) mass is 441 g/mol. The van der Waals surface area contributed by atoms with Gasteiger partial charge in [0.2, 0.25) is 5.91 Å². The van der Waals surface area contributed by atoms with Gasteiger partial charge in [0.15, 0.2) is 34.7 Å². The number of aromatic hydroxyl groups is 1. The van der Waals surface area contributed by atoms with Crippen molar-refractivity contribution in [3.8, 4) is 5.75 Å². The fourth-order valence-corrected chi connectivity index (χ4v) is 5.69. The third-order valence-electron chi connectivity index (χ3n) is 7.14. The van der Waals surface area contributed by atoms with Crippen LogP contribution in [0.3, 0.4) is 0 Å². The lowest BCUT2D eigenvalue weighted by atomic mass is 9.53. The minimum Gasteiger partial charge on any atom is -0.507 e. The van der Waals surface area contributed by atoms with Gasteiger partial charge in [0, 0.05) is 24.3 Å². The highest BCUT2D eigenvalue weighted by molar-refractivity contribution is 6.31. The van der Waals surface area contributed by atoms with Crippen molar-refractivity contribution in [2.45, 2.75) is 45.1 Å². The van der Waals surface area contributed by atoms with Gasteiger partial charge in [-0.25, -0.2) is 0 Å². The number of nitrogens with two attached hydrogens (primary N) is 1. The van der Waals surface area contributed by atoms with E-state index in [2.05, 4.69) is 0 Å². The van der Waals surface area contributed by atoms with E-state index in [-0.39, 0.29) is 48.3 Å². The van der Waals surface area contributed by atoms with Gasteiger partial charge in [0.05, 0.1) is 11.5 Å². The van der Waals surface area contributed by atoms with Crippen LogP contribution in [0.2, 0.25) is 0 Å². The summed E-state index contributed by atoms with van der Waals surface area (Å²) in [6, 6.07) is 1.63. The number of aryl methyl sites for hydroxylation is 1. The molecule has 9 nitrogen and oxygen atoms in total. The number of amides is 1. The number of phenols is 1. The number of benzene rings is 1. The number of rotatable bonds is 3. The van der Waals surface area contributed by atoms with E-state index >= 15 is 0 Å². The molecule has 0 radical (unpaired) electrons. The van der Waals surface area contributed by atoms with Gasteiger partial charge < -0.3 is 15.9 Å². The summed E-state index contributed by atoms with van der Waals surface area (Å²) < 4.78 is 0. The predicted molar refractivity (Wildman–Crippen MR) is 108 cm³/mol. The maximum Gasteiger partial charge on any atom is 0.235 e. The molecule has 1 amide bonds. The quantitative estimate of drug-likeness (QED) is 0.540. The van der Waals surface area contributed by atoms with Crippen LogP contribution in [-0.4, -0.2) is 50.6 Å². The smallest absolute Gasteiger partial charge is 0.235 e. The van der Waals surface area contributed by atoms with E-state index in [9.17, 15) is 39.0 Å². The summed E-state index contributed by atoms with van der Waals surface area (Å²) in [6.07, 6.45) is -0.183. The van der Waals surface area contributed by atoms with Gasteiger partial charge in [0.1, 0.15) is 11.5 Å². The number of carbonyl (C=O) groups excluding carboxylic acids is 6. The average molecular weight is 441 g/mol. The highest BCUT2D eigenvalue weighted by atomic mass is 16.3. The number of carbonyl (C=O) groups is 6. The summed E-state index contributed by atoms with van der Waals surface area (Å²) in [6.45, 7) is 3.08. The molecule has 4 rings (SSSR count). The molecule has 0 aliphatic heterocycles. The number of ketones is 5. The third-order valence-corrected chi connectivity index (χ3v) is 7.14. The molecule has 5 unspecified atom stereocenters. The molecule has 5 atom stereocenters. The zero-order valence-corrected chi connectivity index (χ0v) is 17.6. The Labute approximate surface area is 183 Å². The minimum atomic E-state index is -2.66. The summed E-state index contributed by atoms with van der Waals surface area (Å²) in [5.74, 6) is -10.6. The van der Waals surface area contributed by atoms with Gasteiger partial charge in [-0.05, 0) is 43.7 Å². The molecule has 3 aliphatic carbocycles. The number of hydrogen-bond donors (Lipinski definition) is 3. The highest BCUT2D eigenvalue weighted by Crippen LogP contribution is 2.50. The largest absolute Gasteiger partial charge is 0.507 e. The Kier molecular flexibility index (Phi) is 4.93. The summed E-state index contributed by atoms with van der Waals surface area (Å²) in [4.78, 5) is 75.2. The zero-order valence-electron chi connectivity index (χ0n) is 17.6. The van der Waals surface area contributed by atoms with Crippen molar-refractivity contribution in [3.63, 3.8) is 0 Å². The van der Waals surface area contributed by atoms with Gasteiger partial charge >= 0.3 is 0 Å². The lowest BCUT2D eigenvalue weighted by Crippen LogP contribution is -2.68. The molecule has 3 aliphatic rings. The number of aliphatic hydroxyl groups is 1. The maximum atomic E-state index is 13.4. The maximum absolute atomic E-state index is 13.4. The first-order valence-corrected chi connectivity index (χ1v) is 10.4. The van der Waals surface area contributed by atoms with Crippen LogP contribution in [0, 0.1) is 30.6 Å². The summed E-state index contributed by atoms with van der Waals surface area (Å²) in [7, 11) is 0. The Balaban J connectivity index is 1.82. The van der Waals surface area contributed by atoms with Crippen LogP contribution in [-0.2, 0) is 36.8 Å². The molecule has 4 N–H and O–H groups in total. The molecule has 0 heterocycles. The van der Waals surface area contributed by atoms with Crippen LogP contribution in [0.15, 0.2) is 6.07 Å². The van der Waals surface area contributed by atoms with E-state index in [1.807, 2.05) is 0 Å². The Morgan fingerprint density at radius 1 is 1.16 bits per heavy atom. The first kappa shape index (κ1) is 22.0. The Morgan fingerprint density at radius 3 is 2.41 bits per heavy atom. The second-order valence-electron chi connectivity index (χ2n) is 9.17. The molecule has 32 heavy (non-hydrogen) atoms. The topological polar surface area (TPSA) is 169 Å². The van der Waals surface area contributed by atoms with Crippen molar-refractivity contribution in [1.82, 2.24) is 0 Å². The van der Waals surface area contributed by atoms with Gasteiger partial charge in [-0.15, -0.1) is 0 Å². The molecular weight excluding hydrogens is 418 g/mol. The van der Waals surface area contributed by atoms with Crippen LogP contribution in [0.25, 0.3) is 0 Å². The molecule has 168 valence electrons. The highest BCUT2D eigenvalue weighted by Gasteiger charge is 2.66. The van der Waals surface area contributed by atoms with E-state index in [1.54, 1.807) is 13.0 Å². The molecule has 2 fully saturated rings. The number of fused-ring (bicyclic) bond motifs is 3. The molecule has 1 aromatic rings. The van der Waals surface area contributed by atoms with Crippen LogP contribution in [0.1, 0.15) is 46.8 Å². The van der Waals surface area contributed by atoms with E-state index in [1.165, 1.54) is 6.92 Å². The molecule has 0 bridgehead atoms. The summed E-state index contributed by atoms with van der Waals surface area (Å²) >= 11 is 0. The van der Waals surface area contributed by atoms with Crippen molar-refractivity contribution >= 4 is 34.8 Å². The van der Waals surface area contributed by atoms with Gasteiger partial charge in [-0.1, -0.05) is 6.07 Å². The number of phenolic OH excluding ortho intramolecular Hbond substituents is 1.